The summed E-state index contributed by atoms with van der Waals surface area (Å²) >= 11 is 0. The van der Waals surface area contributed by atoms with Gasteiger partial charge in [0.25, 0.3) is 0 Å². The van der Waals surface area contributed by atoms with Crippen molar-refractivity contribution in [1.29, 1.82) is 0 Å². The molecule has 0 aliphatic carbocycles. The minimum absolute atomic E-state index is 0.105. The van der Waals surface area contributed by atoms with Gasteiger partial charge in [0.2, 0.25) is 0 Å². The number of ether oxygens (including phenoxy) is 4. The first-order valence-corrected chi connectivity index (χ1v) is 42.1. The van der Waals surface area contributed by atoms with Gasteiger partial charge in [-0.15, -0.1) is 0 Å². The number of esters is 4. The lowest BCUT2D eigenvalue weighted by Crippen LogP contribution is -2.30. The van der Waals surface area contributed by atoms with E-state index in [-0.39, 0.29) is 25.7 Å². The zero-order chi connectivity index (χ0) is 69.1. The van der Waals surface area contributed by atoms with E-state index in [1.54, 1.807) is 0 Å². The molecule has 0 spiro atoms. The Bertz CT molecular complexity index is 1810. The highest BCUT2D eigenvalue weighted by molar-refractivity contribution is 7.47. The number of rotatable bonds is 75. The summed E-state index contributed by atoms with van der Waals surface area (Å²) < 4.78 is 68.3. The first-order chi connectivity index (χ1) is 45.5. The largest absolute Gasteiger partial charge is 0.472 e. The van der Waals surface area contributed by atoms with Crippen LogP contribution in [0.15, 0.2) is 0 Å². The van der Waals surface area contributed by atoms with Crippen LogP contribution in [-0.2, 0) is 65.4 Å². The van der Waals surface area contributed by atoms with Gasteiger partial charge < -0.3 is 33.8 Å². The SMILES string of the molecule is CCCCCCCCCCCCCCCCCCCCCCCCC(=O)O[C@H](COC(=O)CCCCCCCCCCCCCCC)COP(=O)(O)OC[C@@H](O)COP(=O)(O)OC[C@@H](COC(=O)CCCCCCCCC)OC(=O)CCCCCCCCCCCC(C)C. The summed E-state index contributed by atoms with van der Waals surface area (Å²) in [5.74, 6) is -1.38. The topological polar surface area (TPSA) is 237 Å². The Balaban J connectivity index is 5.14. The molecule has 0 fully saturated rings. The molecule has 0 saturated heterocycles. The smallest absolute Gasteiger partial charge is 0.462 e. The molecule has 0 aromatic rings. The normalized spacial score (nSPS) is 14.0. The van der Waals surface area contributed by atoms with Crippen molar-refractivity contribution in [1.82, 2.24) is 0 Å². The molecule has 0 aliphatic rings. The second kappa shape index (κ2) is 68.2. The molecule has 19 heteroatoms. The number of aliphatic hydroxyl groups excluding tert-OH is 1. The van der Waals surface area contributed by atoms with Crippen molar-refractivity contribution >= 4 is 39.5 Å². The van der Waals surface area contributed by atoms with Gasteiger partial charge in [-0.1, -0.05) is 343 Å². The summed E-state index contributed by atoms with van der Waals surface area (Å²) in [6, 6.07) is 0. The van der Waals surface area contributed by atoms with Gasteiger partial charge in [-0.2, -0.15) is 0 Å². The molecule has 0 aromatic heterocycles. The van der Waals surface area contributed by atoms with Crippen LogP contribution < -0.4 is 0 Å². The highest BCUT2D eigenvalue weighted by Gasteiger charge is 2.30. The van der Waals surface area contributed by atoms with Crippen molar-refractivity contribution in [2.24, 2.45) is 5.92 Å². The van der Waals surface area contributed by atoms with Gasteiger partial charge in [0.15, 0.2) is 12.2 Å². The molecule has 0 bridgehead atoms. The maximum atomic E-state index is 13.1. The van der Waals surface area contributed by atoms with Crippen LogP contribution in [0.1, 0.15) is 394 Å². The van der Waals surface area contributed by atoms with Gasteiger partial charge in [-0.05, 0) is 31.6 Å². The molecule has 0 saturated carbocycles. The molecule has 3 N–H and O–H groups in total. The van der Waals surface area contributed by atoms with Gasteiger partial charge in [0.05, 0.1) is 26.4 Å². The molecule has 0 radical (unpaired) electrons. The predicted molar refractivity (Wildman–Crippen MR) is 382 cm³/mol. The summed E-state index contributed by atoms with van der Waals surface area (Å²) in [7, 11) is -9.90. The molecule has 17 nitrogen and oxygen atoms in total. The Morgan fingerprint density at radius 1 is 0.287 bits per heavy atom. The summed E-state index contributed by atoms with van der Waals surface area (Å²) in [5.41, 5.74) is 0. The zero-order valence-electron chi connectivity index (χ0n) is 61.1. The lowest BCUT2D eigenvalue weighted by atomic mass is 10.0. The average molecular weight is 1380 g/mol. The molecule has 0 rings (SSSR count). The molecule has 5 atom stereocenters. The van der Waals surface area contributed by atoms with Crippen molar-refractivity contribution in [2.45, 2.75) is 412 Å². The van der Waals surface area contributed by atoms with Gasteiger partial charge in [0, 0.05) is 25.7 Å². The second-order valence-corrected chi connectivity index (χ2v) is 30.4. The molecule has 0 aliphatic heterocycles. The van der Waals surface area contributed by atoms with Crippen molar-refractivity contribution in [3.8, 4) is 0 Å². The van der Waals surface area contributed by atoms with E-state index in [2.05, 4.69) is 34.6 Å². The highest BCUT2D eigenvalue weighted by atomic mass is 31.2. The number of hydrogen-bond donors (Lipinski definition) is 3. The van der Waals surface area contributed by atoms with Crippen molar-refractivity contribution in [3.63, 3.8) is 0 Å². The van der Waals surface area contributed by atoms with Crippen LogP contribution in [0.25, 0.3) is 0 Å². The molecule has 0 heterocycles. The number of phosphoric ester groups is 2. The molecule has 0 amide bonds. The summed E-state index contributed by atoms with van der Waals surface area (Å²) in [6.45, 7) is 7.21. The van der Waals surface area contributed by atoms with Crippen LogP contribution in [0.4, 0.5) is 0 Å². The third kappa shape index (κ3) is 68.6. The Labute approximate surface area is 575 Å². The maximum absolute atomic E-state index is 13.1. The quantitative estimate of drug-likeness (QED) is 0.0222. The van der Waals surface area contributed by atoms with Gasteiger partial charge in [-0.3, -0.25) is 37.3 Å². The van der Waals surface area contributed by atoms with Crippen LogP contribution in [0.5, 0.6) is 0 Å². The number of hydrogen-bond acceptors (Lipinski definition) is 15. The van der Waals surface area contributed by atoms with Crippen molar-refractivity contribution in [2.75, 3.05) is 39.6 Å². The molecule has 0 aromatic carbocycles. The Hall–Kier alpha value is -1.94. The van der Waals surface area contributed by atoms with Gasteiger partial charge in [0.1, 0.15) is 19.3 Å². The molecule has 2 unspecified atom stereocenters. The van der Waals surface area contributed by atoms with E-state index < -0.39 is 97.5 Å². The average Bonchev–Trinajstić information content (AvgIpc) is 1.75. The number of carbonyl (C=O) groups excluding carboxylic acids is 4. The molecular weight excluding hydrogens is 1230 g/mol. The second-order valence-electron chi connectivity index (χ2n) is 27.5. The van der Waals surface area contributed by atoms with E-state index in [9.17, 15) is 43.2 Å². The van der Waals surface area contributed by atoms with Crippen LogP contribution >= 0.6 is 15.6 Å². The fourth-order valence-electron chi connectivity index (χ4n) is 11.5. The van der Waals surface area contributed by atoms with E-state index >= 15 is 0 Å². The molecule has 94 heavy (non-hydrogen) atoms. The zero-order valence-corrected chi connectivity index (χ0v) is 62.9. The molecular formula is C75H146O17P2. The monoisotopic (exact) mass is 1380 g/mol. The number of aliphatic hydroxyl groups is 1. The fraction of sp³-hybridized carbons (Fsp3) is 0.947. The van der Waals surface area contributed by atoms with Crippen molar-refractivity contribution in [3.05, 3.63) is 0 Å². The fourth-order valence-corrected chi connectivity index (χ4v) is 13.1. The number of carbonyl (C=O) groups is 4. The van der Waals surface area contributed by atoms with E-state index in [1.807, 2.05) is 0 Å². The first-order valence-electron chi connectivity index (χ1n) is 39.1. The van der Waals surface area contributed by atoms with Gasteiger partial charge in [-0.25, -0.2) is 9.13 Å². The van der Waals surface area contributed by atoms with E-state index in [0.717, 1.165) is 109 Å². The van der Waals surface area contributed by atoms with Crippen LogP contribution in [0, 0.1) is 5.92 Å². The number of phosphoric acid groups is 2. The standard InChI is InChI=1S/C75H146O17P2/c1-6-9-12-15-18-20-22-24-25-26-27-28-29-30-31-32-34-36-40-45-50-55-60-74(79)92-71(65-86-73(78)59-54-49-44-39-35-33-23-21-19-16-13-10-7-2)67-90-94(83,84)88-63-69(76)62-87-93(81,82)89-66-70(64-85-72(77)58-53-48-42-17-14-11-8-3)91-75(80)61-56-51-46-41-37-38-43-47-52-57-68(4)5/h68-71,76H,6-67H2,1-5H3,(H,81,82)(H,83,84)/t69-,70+,71+/m0/s1. The summed E-state index contributed by atoms with van der Waals surface area (Å²) in [4.78, 5) is 72.6. The molecule has 558 valence electrons. The van der Waals surface area contributed by atoms with Crippen LogP contribution in [0.2, 0.25) is 0 Å². The maximum Gasteiger partial charge on any atom is 0.472 e. The third-order valence-corrected chi connectivity index (χ3v) is 19.4. The minimum atomic E-state index is -4.95. The third-order valence-electron chi connectivity index (χ3n) is 17.5. The van der Waals surface area contributed by atoms with E-state index in [1.165, 1.54) is 205 Å². The lowest BCUT2D eigenvalue weighted by molar-refractivity contribution is -0.161. The Kier molecular flexibility index (Phi) is 66.8. The summed E-state index contributed by atoms with van der Waals surface area (Å²) in [6.07, 6.45) is 57.2. The number of unbranched alkanes of at least 4 members (excludes halogenated alkanes) is 47. The van der Waals surface area contributed by atoms with Crippen LogP contribution in [0.3, 0.4) is 0 Å². The Morgan fingerprint density at radius 2 is 0.489 bits per heavy atom. The first kappa shape index (κ1) is 92.1. The minimum Gasteiger partial charge on any atom is -0.462 e. The van der Waals surface area contributed by atoms with Crippen LogP contribution in [-0.4, -0.2) is 96.7 Å². The van der Waals surface area contributed by atoms with E-state index in [0.29, 0.717) is 25.7 Å². The summed E-state index contributed by atoms with van der Waals surface area (Å²) in [5, 5.41) is 10.6. The van der Waals surface area contributed by atoms with Crippen molar-refractivity contribution < 1.29 is 80.2 Å². The Morgan fingerprint density at radius 3 is 0.723 bits per heavy atom. The van der Waals surface area contributed by atoms with Gasteiger partial charge >= 0.3 is 39.5 Å². The van der Waals surface area contributed by atoms with E-state index in [4.69, 9.17) is 37.0 Å². The predicted octanol–water partition coefficient (Wildman–Crippen LogP) is 22.1. The lowest BCUT2D eigenvalue weighted by Gasteiger charge is -2.21. The highest BCUT2D eigenvalue weighted by Crippen LogP contribution is 2.45.